The Morgan fingerprint density at radius 1 is 1.06 bits per heavy atom. The number of nitrogens with one attached hydrogen (secondary N) is 1. The van der Waals surface area contributed by atoms with Gasteiger partial charge < -0.3 is 10.2 Å². The van der Waals surface area contributed by atoms with Gasteiger partial charge >= 0.3 is 0 Å². The number of hydrogen-bond acceptors (Lipinski definition) is 5. The molecule has 3 rings (SSSR count). The van der Waals surface area contributed by atoms with Gasteiger partial charge in [-0.25, -0.2) is 0 Å². The van der Waals surface area contributed by atoms with Gasteiger partial charge in [0.1, 0.15) is 6.04 Å². The fourth-order valence-electron chi connectivity index (χ4n) is 3.89. The van der Waals surface area contributed by atoms with E-state index in [1.54, 1.807) is 0 Å². The summed E-state index contributed by atoms with van der Waals surface area (Å²) >= 11 is 0. The second-order valence-corrected chi connectivity index (χ2v) is 8.58. The topological polar surface area (TPSA) is 95.8 Å². The standard InChI is InChI=1S/C26H32N4O4/c1-3-20(2)24(27-25(31)22-11-13-23(14-12-22)30(33)34)26(32)29-18-16-28(17-19-29)15-7-10-21-8-5-4-6-9-21/h4-14,20,24H,3,15-19H2,1-2H3,(H,27,31)/b10-7+. The van der Waals surface area contributed by atoms with E-state index in [9.17, 15) is 19.7 Å². The van der Waals surface area contributed by atoms with Crippen LogP contribution >= 0.6 is 0 Å². The molecule has 34 heavy (non-hydrogen) atoms. The van der Waals surface area contributed by atoms with E-state index >= 15 is 0 Å². The highest BCUT2D eigenvalue weighted by Crippen LogP contribution is 2.16. The lowest BCUT2D eigenvalue weighted by Gasteiger charge is -2.37. The molecule has 0 spiro atoms. The molecule has 0 bridgehead atoms. The van der Waals surface area contributed by atoms with Gasteiger partial charge in [0, 0.05) is 50.4 Å². The summed E-state index contributed by atoms with van der Waals surface area (Å²) in [5.74, 6) is -0.524. The lowest BCUT2D eigenvalue weighted by Crippen LogP contribution is -2.56. The van der Waals surface area contributed by atoms with Gasteiger partial charge in [-0.15, -0.1) is 0 Å². The Bertz CT molecular complexity index is 999. The number of nitro benzene ring substituents is 1. The lowest BCUT2D eigenvalue weighted by atomic mass is 9.97. The Balaban J connectivity index is 1.56. The molecule has 1 heterocycles. The molecular formula is C26H32N4O4. The summed E-state index contributed by atoms with van der Waals surface area (Å²) in [7, 11) is 0. The van der Waals surface area contributed by atoms with E-state index in [1.807, 2.05) is 36.9 Å². The van der Waals surface area contributed by atoms with Gasteiger partial charge in [0.05, 0.1) is 4.92 Å². The highest BCUT2D eigenvalue weighted by Gasteiger charge is 2.32. The SMILES string of the molecule is CCC(C)C(NC(=O)c1ccc([N+](=O)[O-])cc1)C(=O)N1CCN(C/C=C/c2ccccc2)CC1. The first-order chi connectivity index (χ1) is 16.4. The van der Waals surface area contributed by atoms with Crippen LogP contribution in [0.5, 0.6) is 0 Å². The number of amides is 2. The number of nitro groups is 1. The quantitative estimate of drug-likeness (QED) is 0.452. The van der Waals surface area contributed by atoms with Crippen LogP contribution < -0.4 is 5.32 Å². The molecule has 2 aromatic rings. The van der Waals surface area contributed by atoms with Crippen LogP contribution in [0, 0.1) is 16.0 Å². The van der Waals surface area contributed by atoms with Gasteiger partial charge in [-0.2, -0.15) is 0 Å². The predicted molar refractivity (Wildman–Crippen MR) is 132 cm³/mol. The van der Waals surface area contributed by atoms with Crippen molar-refractivity contribution in [1.29, 1.82) is 0 Å². The molecule has 2 aromatic carbocycles. The van der Waals surface area contributed by atoms with Gasteiger partial charge in [-0.3, -0.25) is 24.6 Å². The number of benzene rings is 2. The first kappa shape index (κ1) is 25.1. The highest BCUT2D eigenvalue weighted by atomic mass is 16.6. The van der Waals surface area contributed by atoms with Crippen molar-refractivity contribution < 1.29 is 14.5 Å². The zero-order valence-corrected chi connectivity index (χ0v) is 19.7. The second-order valence-electron chi connectivity index (χ2n) is 8.58. The number of carbonyl (C=O) groups is 2. The third-order valence-corrected chi connectivity index (χ3v) is 6.26. The Morgan fingerprint density at radius 3 is 2.29 bits per heavy atom. The summed E-state index contributed by atoms with van der Waals surface area (Å²) in [5, 5.41) is 13.7. The van der Waals surface area contributed by atoms with Crippen LogP contribution in [0.1, 0.15) is 36.2 Å². The molecule has 1 aliphatic heterocycles. The van der Waals surface area contributed by atoms with Crippen LogP contribution in [0.25, 0.3) is 6.08 Å². The average molecular weight is 465 g/mol. The zero-order valence-electron chi connectivity index (χ0n) is 19.7. The van der Waals surface area contributed by atoms with Crippen LogP contribution in [0.3, 0.4) is 0 Å². The summed E-state index contributed by atoms with van der Waals surface area (Å²) in [6, 6.07) is 14.9. The van der Waals surface area contributed by atoms with Crippen molar-refractivity contribution in [1.82, 2.24) is 15.1 Å². The molecule has 1 fully saturated rings. The van der Waals surface area contributed by atoms with Crippen LogP contribution in [0.15, 0.2) is 60.7 Å². The third kappa shape index (κ3) is 6.74. The second kappa shape index (κ2) is 12.1. The summed E-state index contributed by atoms with van der Waals surface area (Å²) in [6.07, 6.45) is 4.98. The number of nitrogens with zero attached hydrogens (tertiary/aromatic N) is 3. The molecule has 2 unspecified atom stereocenters. The number of hydrogen-bond donors (Lipinski definition) is 1. The molecule has 2 amide bonds. The molecule has 1 N–H and O–H groups in total. The Morgan fingerprint density at radius 2 is 1.71 bits per heavy atom. The van der Waals surface area contributed by atoms with Gasteiger partial charge in [-0.05, 0) is 23.6 Å². The van der Waals surface area contributed by atoms with Crippen LogP contribution in [-0.2, 0) is 4.79 Å². The van der Waals surface area contributed by atoms with Crippen LogP contribution in [0.4, 0.5) is 5.69 Å². The first-order valence-electron chi connectivity index (χ1n) is 11.7. The van der Waals surface area contributed by atoms with E-state index in [0.717, 1.165) is 31.6 Å². The maximum Gasteiger partial charge on any atom is 0.269 e. The van der Waals surface area contributed by atoms with E-state index in [1.165, 1.54) is 24.3 Å². The lowest BCUT2D eigenvalue weighted by molar-refractivity contribution is -0.384. The molecule has 8 nitrogen and oxygen atoms in total. The van der Waals surface area contributed by atoms with E-state index in [-0.39, 0.29) is 17.5 Å². The van der Waals surface area contributed by atoms with Crippen molar-refractivity contribution in [3.63, 3.8) is 0 Å². The van der Waals surface area contributed by atoms with E-state index in [2.05, 4.69) is 34.5 Å². The summed E-state index contributed by atoms with van der Waals surface area (Å²) in [4.78, 5) is 40.5. The molecule has 8 heteroatoms. The molecular weight excluding hydrogens is 432 g/mol. The Labute approximate surface area is 200 Å². The number of piperazine rings is 1. The largest absolute Gasteiger partial charge is 0.340 e. The Kier molecular flexibility index (Phi) is 8.93. The molecule has 0 aliphatic carbocycles. The third-order valence-electron chi connectivity index (χ3n) is 6.26. The minimum absolute atomic E-state index is 0.0404. The van der Waals surface area contributed by atoms with Crippen molar-refractivity contribution in [3.8, 4) is 0 Å². The van der Waals surface area contributed by atoms with Gasteiger partial charge in [0.15, 0.2) is 0 Å². The summed E-state index contributed by atoms with van der Waals surface area (Å²) in [5.41, 5.74) is 1.38. The highest BCUT2D eigenvalue weighted by molar-refractivity contribution is 5.97. The molecule has 180 valence electrons. The van der Waals surface area contributed by atoms with E-state index in [4.69, 9.17) is 0 Å². The maximum atomic E-state index is 13.3. The molecule has 2 atom stereocenters. The fraction of sp³-hybridized carbons (Fsp3) is 0.385. The first-order valence-corrected chi connectivity index (χ1v) is 11.7. The van der Waals surface area contributed by atoms with E-state index < -0.39 is 16.9 Å². The van der Waals surface area contributed by atoms with Gasteiger partial charge in [0.2, 0.25) is 5.91 Å². The van der Waals surface area contributed by atoms with Gasteiger partial charge in [-0.1, -0.05) is 62.8 Å². The average Bonchev–Trinajstić information content (AvgIpc) is 2.87. The summed E-state index contributed by atoms with van der Waals surface area (Å²) < 4.78 is 0. The van der Waals surface area contributed by atoms with Gasteiger partial charge in [0.25, 0.3) is 11.6 Å². The monoisotopic (exact) mass is 464 g/mol. The normalized spacial score (nSPS) is 16.2. The number of carbonyl (C=O) groups excluding carboxylic acids is 2. The molecule has 0 aromatic heterocycles. The molecule has 1 aliphatic rings. The minimum atomic E-state index is -0.641. The van der Waals surface area contributed by atoms with Crippen molar-refractivity contribution >= 4 is 23.6 Å². The van der Waals surface area contributed by atoms with Crippen LogP contribution in [-0.4, -0.2) is 65.3 Å². The summed E-state index contributed by atoms with van der Waals surface area (Å²) in [6.45, 7) is 7.52. The number of rotatable bonds is 9. The van der Waals surface area contributed by atoms with E-state index in [0.29, 0.717) is 18.7 Å². The van der Waals surface area contributed by atoms with Crippen molar-refractivity contribution in [2.24, 2.45) is 5.92 Å². The minimum Gasteiger partial charge on any atom is -0.340 e. The van der Waals surface area contributed by atoms with Crippen molar-refractivity contribution in [3.05, 3.63) is 81.9 Å². The number of non-ortho nitro benzene ring substituents is 1. The zero-order chi connectivity index (χ0) is 24.5. The maximum absolute atomic E-state index is 13.3. The Hall–Kier alpha value is -3.52. The predicted octanol–water partition coefficient (Wildman–Crippen LogP) is 3.60. The fourth-order valence-corrected chi connectivity index (χ4v) is 3.89. The van der Waals surface area contributed by atoms with Crippen molar-refractivity contribution in [2.45, 2.75) is 26.3 Å². The van der Waals surface area contributed by atoms with Crippen LogP contribution in [0.2, 0.25) is 0 Å². The smallest absolute Gasteiger partial charge is 0.269 e. The molecule has 0 radical (unpaired) electrons. The molecule has 0 saturated carbocycles. The molecule has 1 saturated heterocycles. The van der Waals surface area contributed by atoms with Crippen molar-refractivity contribution in [2.75, 3.05) is 32.7 Å².